The number of esters is 1. The topological polar surface area (TPSA) is 46.5 Å². The molecular weight excluding hydrogens is 252 g/mol. The van der Waals surface area contributed by atoms with E-state index in [0.29, 0.717) is 5.56 Å². The minimum atomic E-state index is -0.828. The molecule has 0 spiro atoms. The fourth-order valence-corrected chi connectivity index (χ4v) is 1.79. The van der Waals surface area contributed by atoms with Crippen LogP contribution in [0.15, 0.2) is 42.5 Å². The molecule has 0 radical (unpaired) electrons. The normalized spacial score (nSPS) is 12.3. The number of hydrogen-bond acceptors (Lipinski definition) is 3. The van der Waals surface area contributed by atoms with E-state index in [9.17, 15) is 9.90 Å². The number of carbonyl (C=O) groups excluding carboxylic acids is 1. The molecule has 0 saturated carbocycles. The fraction of sp³-hybridized carbons (Fsp3) is 0.214. The summed E-state index contributed by atoms with van der Waals surface area (Å²) in [5.41, 5.74) is 0.495. The molecule has 94 valence electrons. The molecule has 0 aromatic heterocycles. The summed E-state index contributed by atoms with van der Waals surface area (Å²) < 4.78 is 5.02. The third-order valence-corrected chi connectivity index (χ3v) is 2.95. The number of ether oxygens (including phenoxy) is 1. The van der Waals surface area contributed by atoms with Gasteiger partial charge in [0.2, 0.25) is 0 Å². The summed E-state index contributed by atoms with van der Waals surface area (Å²) >= 11 is 5.44. The summed E-state index contributed by atoms with van der Waals surface area (Å²) in [6.07, 6.45) is -0.828. The molecular formula is C14H13ClO3. The Balaban J connectivity index is 2.22. The van der Waals surface area contributed by atoms with Crippen molar-refractivity contribution in [2.45, 2.75) is 6.10 Å². The quantitative estimate of drug-likeness (QED) is 0.682. The van der Waals surface area contributed by atoms with Gasteiger partial charge in [-0.05, 0) is 16.8 Å². The molecule has 1 N–H and O–H groups in total. The lowest BCUT2D eigenvalue weighted by Crippen LogP contribution is -2.20. The minimum absolute atomic E-state index is 0.0445. The van der Waals surface area contributed by atoms with Crippen molar-refractivity contribution in [2.75, 3.05) is 12.5 Å². The van der Waals surface area contributed by atoms with Gasteiger partial charge in [0, 0.05) is 0 Å². The lowest BCUT2D eigenvalue weighted by molar-refractivity contribution is 0.0305. The number of hydrogen-bond donors (Lipinski definition) is 1. The Kier molecular flexibility index (Phi) is 4.18. The van der Waals surface area contributed by atoms with Crippen LogP contribution in [0.25, 0.3) is 10.8 Å². The van der Waals surface area contributed by atoms with Crippen molar-refractivity contribution in [3.8, 4) is 0 Å². The van der Waals surface area contributed by atoms with Crippen LogP contribution in [-0.2, 0) is 4.74 Å². The molecule has 0 heterocycles. The van der Waals surface area contributed by atoms with Crippen LogP contribution in [0, 0.1) is 0 Å². The van der Waals surface area contributed by atoms with E-state index >= 15 is 0 Å². The van der Waals surface area contributed by atoms with Gasteiger partial charge in [-0.25, -0.2) is 4.79 Å². The zero-order valence-electron chi connectivity index (χ0n) is 9.67. The van der Waals surface area contributed by atoms with Crippen LogP contribution in [-0.4, -0.2) is 29.7 Å². The second-order valence-electron chi connectivity index (χ2n) is 3.93. The molecule has 0 fully saturated rings. The van der Waals surface area contributed by atoms with Crippen molar-refractivity contribution in [3.63, 3.8) is 0 Å². The third-order valence-electron chi connectivity index (χ3n) is 2.59. The molecule has 0 saturated heterocycles. The largest absolute Gasteiger partial charge is 0.459 e. The van der Waals surface area contributed by atoms with Gasteiger partial charge in [0.05, 0.1) is 11.4 Å². The highest BCUT2D eigenvalue weighted by molar-refractivity contribution is 6.18. The zero-order valence-corrected chi connectivity index (χ0v) is 10.4. The average molecular weight is 265 g/mol. The number of aliphatic hydroxyl groups is 1. The monoisotopic (exact) mass is 264 g/mol. The van der Waals surface area contributed by atoms with E-state index in [2.05, 4.69) is 0 Å². The molecule has 2 aromatic carbocycles. The van der Waals surface area contributed by atoms with Gasteiger partial charge in [-0.3, -0.25) is 0 Å². The molecule has 1 atom stereocenters. The van der Waals surface area contributed by atoms with Crippen LogP contribution in [0.2, 0.25) is 0 Å². The first-order chi connectivity index (χ1) is 8.72. The molecule has 0 amide bonds. The Morgan fingerprint density at radius 2 is 1.94 bits per heavy atom. The number of fused-ring (bicyclic) bond motifs is 1. The molecule has 18 heavy (non-hydrogen) atoms. The smallest absolute Gasteiger partial charge is 0.338 e. The van der Waals surface area contributed by atoms with Gasteiger partial charge in [0.1, 0.15) is 12.7 Å². The van der Waals surface area contributed by atoms with Crippen molar-refractivity contribution < 1.29 is 14.6 Å². The van der Waals surface area contributed by atoms with Crippen molar-refractivity contribution in [1.82, 2.24) is 0 Å². The molecule has 2 aromatic rings. The minimum Gasteiger partial charge on any atom is -0.459 e. The first-order valence-corrected chi connectivity index (χ1v) is 6.14. The summed E-state index contributed by atoms with van der Waals surface area (Å²) in [5.74, 6) is -0.404. The van der Waals surface area contributed by atoms with E-state index in [4.69, 9.17) is 16.3 Å². The van der Waals surface area contributed by atoms with Gasteiger partial charge >= 0.3 is 5.97 Å². The Labute approximate surface area is 110 Å². The van der Waals surface area contributed by atoms with Crippen LogP contribution in [0.3, 0.4) is 0 Å². The number of halogens is 1. The predicted molar refractivity (Wildman–Crippen MR) is 71.0 cm³/mol. The summed E-state index contributed by atoms with van der Waals surface area (Å²) in [4.78, 5) is 11.9. The van der Waals surface area contributed by atoms with Gasteiger partial charge in [-0.15, -0.1) is 11.6 Å². The summed E-state index contributed by atoms with van der Waals surface area (Å²) in [5, 5.41) is 11.1. The highest BCUT2D eigenvalue weighted by Gasteiger charge is 2.12. The summed E-state index contributed by atoms with van der Waals surface area (Å²) in [6, 6.07) is 13.0. The van der Waals surface area contributed by atoms with Crippen LogP contribution >= 0.6 is 11.6 Å². The number of rotatable bonds is 4. The molecule has 3 nitrogen and oxygen atoms in total. The van der Waals surface area contributed by atoms with Crippen molar-refractivity contribution in [2.24, 2.45) is 0 Å². The third kappa shape index (κ3) is 2.81. The molecule has 0 bridgehead atoms. The summed E-state index contributed by atoms with van der Waals surface area (Å²) in [7, 11) is 0. The van der Waals surface area contributed by atoms with E-state index in [-0.39, 0.29) is 12.5 Å². The maximum absolute atomic E-state index is 11.9. The van der Waals surface area contributed by atoms with Crippen molar-refractivity contribution in [3.05, 3.63) is 48.0 Å². The van der Waals surface area contributed by atoms with E-state index in [0.717, 1.165) is 10.8 Å². The standard InChI is InChI=1S/C14H13ClO3/c15-8-11(16)9-18-14(17)13-7-3-5-10-4-1-2-6-12(10)13/h1-7,11,16H,8-9H2. The van der Waals surface area contributed by atoms with E-state index in [1.54, 1.807) is 12.1 Å². The van der Waals surface area contributed by atoms with Crippen molar-refractivity contribution in [1.29, 1.82) is 0 Å². The summed E-state index contributed by atoms with van der Waals surface area (Å²) in [6.45, 7) is -0.0917. The average Bonchev–Trinajstić information content (AvgIpc) is 2.43. The Hall–Kier alpha value is -1.58. The Morgan fingerprint density at radius 1 is 1.22 bits per heavy atom. The van der Waals surface area contributed by atoms with Crippen LogP contribution in [0.4, 0.5) is 0 Å². The van der Waals surface area contributed by atoms with Crippen molar-refractivity contribution >= 4 is 28.3 Å². The molecule has 2 rings (SSSR count). The van der Waals surface area contributed by atoms with Crippen LogP contribution in [0.1, 0.15) is 10.4 Å². The maximum atomic E-state index is 11.9. The number of aliphatic hydroxyl groups excluding tert-OH is 1. The van der Waals surface area contributed by atoms with E-state index < -0.39 is 12.1 Å². The van der Waals surface area contributed by atoms with Gasteiger partial charge in [-0.1, -0.05) is 36.4 Å². The Morgan fingerprint density at radius 3 is 2.72 bits per heavy atom. The zero-order chi connectivity index (χ0) is 13.0. The van der Waals surface area contributed by atoms with Crippen LogP contribution < -0.4 is 0 Å². The Bertz CT molecular complexity index is 548. The highest BCUT2D eigenvalue weighted by Crippen LogP contribution is 2.19. The van der Waals surface area contributed by atoms with Gasteiger partial charge in [0.15, 0.2) is 0 Å². The lowest BCUT2D eigenvalue weighted by atomic mass is 10.1. The number of benzene rings is 2. The predicted octanol–water partition coefficient (Wildman–Crippen LogP) is 2.60. The second kappa shape index (κ2) is 5.85. The molecule has 1 unspecified atom stereocenters. The molecule has 0 aliphatic rings. The van der Waals surface area contributed by atoms with E-state index in [1.807, 2.05) is 30.3 Å². The first-order valence-electron chi connectivity index (χ1n) is 5.61. The highest BCUT2D eigenvalue weighted by atomic mass is 35.5. The molecule has 4 heteroatoms. The van der Waals surface area contributed by atoms with Gasteiger partial charge in [-0.2, -0.15) is 0 Å². The maximum Gasteiger partial charge on any atom is 0.338 e. The molecule has 0 aliphatic carbocycles. The molecule has 0 aliphatic heterocycles. The van der Waals surface area contributed by atoms with Gasteiger partial charge in [0.25, 0.3) is 0 Å². The number of alkyl halides is 1. The van der Waals surface area contributed by atoms with E-state index in [1.165, 1.54) is 0 Å². The van der Waals surface area contributed by atoms with Gasteiger partial charge < -0.3 is 9.84 Å². The lowest BCUT2D eigenvalue weighted by Gasteiger charge is -2.09. The van der Waals surface area contributed by atoms with Crippen LogP contribution in [0.5, 0.6) is 0 Å². The fourth-order valence-electron chi connectivity index (χ4n) is 1.70. The SMILES string of the molecule is O=C(OCC(O)CCl)c1cccc2ccccc12. The first kappa shape index (κ1) is 12.9. The second-order valence-corrected chi connectivity index (χ2v) is 4.24. The number of carbonyl (C=O) groups is 1.